The Balaban J connectivity index is 1.85. The Morgan fingerprint density at radius 1 is 1.42 bits per heavy atom. The molecule has 1 fully saturated rings. The SMILES string of the molecule is O=C(C1NCCc2ccccc21)N1CCCC1CO. The van der Waals surface area contributed by atoms with Crippen molar-refractivity contribution in [2.45, 2.75) is 31.3 Å². The van der Waals surface area contributed by atoms with E-state index in [2.05, 4.69) is 11.4 Å². The first-order valence-electron chi connectivity index (χ1n) is 7.04. The minimum Gasteiger partial charge on any atom is -0.394 e. The van der Waals surface area contributed by atoms with Crippen molar-refractivity contribution in [2.24, 2.45) is 0 Å². The van der Waals surface area contributed by atoms with Gasteiger partial charge in [0.1, 0.15) is 6.04 Å². The number of likely N-dealkylation sites (tertiary alicyclic amines) is 1. The highest BCUT2D eigenvalue weighted by Crippen LogP contribution is 2.27. The molecule has 2 aliphatic heterocycles. The molecule has 0 aliphatic carbocycles. The van der Waals surface area contributed by atoms with Gasteiger partial charge in [0.15, 0.2) is 0 Å². The van der Waals surface area contributed by atoms with Gasteiger partial charge in [-0.25, -0.2) is 0 Å². The number of nitrogens with zero attached hydrogens (tertiary/aromatic N) is 1. The lowest BCUT2D eigenvalue weighted by atomic mass is 9.93. The van der Waals surface area contributed by atoms with Crippen LogP contribution >= 0.6 is 0 Å². The average Bonchev–Trinajstić information content (AvgIpc) is 2.94. The number of aliphatic hydroxyl groups is 1. The summed E-state index contributed by atoms with van der Waals surface area (Å²) < 4.78 is 0. The maximum atomic E-state index is 12.7. The van der Waals surface area contributed by atoms with Crippen molar-refractivity contribution in [2.75, 3.05) is 19.7 Å². The predicted molar refractivity (Wildman–Crippen MR) is 72.7 cm³/mol. The molecule has 3 rings (SSSR count). The molecule has 2 unspecified atom stereocenters. The summed E-state index contributed by atoms with van der Waals surface area (Å²) >= 11 is 0. The summed E-state index contributed by atoms with van der Waals surface area (Å²) in [6.45, 7) is 1.68. The Labute approximate surface area is 113 Å². The Morgan fingerprint density at radius 2 is 2.26 bits per heavy atom. The molecule has 4 heteroatoms. The molecule has 1 aromatic rings. The van der Waals surface area contributed by atoms with Gasteiger partial charge in [-0.1, -0.05) is 24.3 Å². The average molecular weight is 260 g/mol. The number of carbonyl (C=O) groups is 1. The van der Waals surface area contributed by atoms with Crippen LogP contribution in [-0.4, -0.2) is 41.7 Å². The molecule has 1 aromatic carbocycles. The molecule has 102 valence electrons. The van der Waals surface area contributed by atoms with E-state index in [1.807, 2.05) is 23.1 Å². The monoisotopic (exact) mass is 260 g/mol. The third kappa shape index (κ3) is 2.26. The van der Waals surface area contributed by atoms with Crippen molar-refractivity contribution in [3.05, 3.63) is 35.4 Å². The van der Waals surface area contributed by atoms with Gasteiger partial charge in [-0.2, -0.15) is 0 Å². The summed E-state index contributed by atoms with van der Waals surface area (Å²) in [5, 5.41) is 12.7. The molecule has 1 amide bonds. The molecular weight excluding hydrogens is 240 g/mol. The Bertz CT molecular complexity index is 475. The van der Waals surface area contributed by atoms with Crippen LogP contribution in [0.2, 0.25) is 0 Å². The molecule has 4 nitrogen and oxygen atoms in total. The van der Waals surface area contributed by atoms with Crippen LogP contribution in [0.3, 0.4) is 0 Å². The molecule has 0 spiro atoms. The fourth-order valence-electron chi connectivity index (χ4n) is 3.21. The van der Waals surface area contributed by atoms with E-state index in [4.69, 9.17) is 0 Å². The van der Waals surface area contributed by atoms with Crippen LogP contribution in [0, 0.1) is 0 Å². The number of benzene rings is 1. The highest BCUT2D eigenvalue weighted by atomic mass is 16.3. The zero-order valence-electron chi connectivity index (χ0n) is 11.0. The van der Waals surface area contributed by atoms with Crippen LogP contribution in [0.1, 0.15) is 30.0 Å². The molecule has 0 bridgehead atoms. The van der Waals surface area contributed by atoms with Crippen LogP contribution in [0.5, 0.6) is 0 Å². The van der Waals surface area contributed by atoms with E-state index >= 15 is 0 Å². The number of carbonyl (C=O) groups excluding carboxylic acids is 1. The van der Waals surface area contributed by atoms with Gasteiger partial charge in [-0.3, -0.25) is 4.79 Å². The summed E-state index contributed by atoms with van der Waals surface area (Å²) in [5.74, 6) is 0.115. The van der Waals surface area contributed by atoms with Crippen molar-refractivity contribution in [1.82, 2.24) is 10.2 Å². The molecule has 0 saturated carbocycles. The highest BCUT2D eigenvalue weighted by Gasteiger charge is 2.35. The standard InChI is InChI=1S/C15H20N2O2/c18-10-12-5-3-9-17(12)15(19)14-13-6-2-1-4-11(13)7-8-16-14/h1-2,4,6,12,14,16,18H,3,5,7-10H2. The van der Waals surface area contributed by atoms with E-state index in [1.54, 1.807) is 0 Å². The maximum absolute atomic E-state index is 12.7. The summed E-state index contributed by atoms with van der Waals surface area (Å²) in [6.07, 6.45) is 2.88. The van der Waals surface area contributed by atoms with Gasteiger partial charge in [0.05, 0.1) is 12.6 Å². The number of amides is 1. The second kappa shape index (κ2) is 5.31. The van der Waals surface area contributed by atoms with Gasteiger partial charge in [0.25, 0.3) is 0 Å². The van der Waals surface area contributed by atoms with Crippen molar-refractivity contribution < 1.29 is 9.90 Å². The zero-order chi connectivity index (χ0) is 13.2. The topological polar surface area (TPSA) is 52.6 Å². The first-order valence-corrected chi connectivity index (χ1v) is 7.04. The number of hydrogen-bond acceptors (Lipinski definition) is 3. The third-order valence-corrected chi connectivity index (χ3v) is 4.23. The molecule has 1 saturated heterocycles. The third-order valence-electron chi connectivity index (χ3n) is 4.23. The molecule has 0 radical (unpaired) electrons. The second-order valence-corrected chi connectivity index (χ2v) is 5.35. The molecule has 2 heterocycles. The van der Waals surface area contributed by atoms with E-state index in [0.29, 0.717) is 0 Å². The molecule has 19 heavy (non-hydrogen) atoms. The van der Waals surface area contributed by atoms with Crippen LogP contribution in [0.4, 0.5) is 0 Å². The summed E-state index contributed by atoms with van der Waals surface area (Å²) in [5.41, 5.74) is 2.36. The fraction of sp³-hybridized carbons (Fsp3) is 0.533. The summed E-state index contributed by atoms with van der Waals surface area (Å²) in [6, 6.07) is 7.91. The Kier molecular flexibility index (Phi) is 3.53. The normalized spacial score (nSPS) is 26.3. The van der Waals surface area contributed by atoms with Crippen LogP contribution in [0.25, 0.3) is 0 Å². The molecular formula is C15H20N2O2. The van der Waals surface area contributed by atoms with Gasteiger partial charge >= 0.3 is 0 Å². The minimum atomic E-state index is -0.239. The lowest BCUT2D eigenvalue weighted by molar-refractivity contribution is -0.135. The largest absolute Gasteiger partial charge is 0.394 e. The van der Waals surface area contributed by atoms with Crippen molar-refractivity contribution in [3.63, 3.8) is 0 Å². The van der Waals surface area contributed by atoms with E-state index in [9.17, 15) is 9.90 Å². The van der Waals surface area contributed by atoms with Crippen LogP contribution in [-0.2, 0) is 11.2 Å². The molecule has 2 aliphatic rings. The van der Waals surface area contributed by atoms with Crippen LogP contribution < -0.4 is 5.32 Å². The Hall–Kier alpha value is -1.39. The first kappa shape index (κ1) is 12.6. The lowest BCUT2D eigenvalue weighted by Gasteiger charge is -2.32. The number of rotatable bonds is 2. The van der Waals surface area contributed by atoms with E-state index in [1.165, 1.54) is 5.56 Å². The number of nitrogens with one attached hydrogen (secondary N) is 1. The molecule has 2 atom stereocenters. The number of hydrogen-bond donors (Lipinski definition) is 2. The van der Waals surface area contributed by atoms with Crippen LogP contribution in [0.15, 0.2) is 24.3 Å². The predicted octanol–water partition coefficient (Wildman–Crippen LogP) is 0.857. The van der Waals surface area contributed by atoms with Gasteiger partial charge in [0, 0.05) is 13.1 Å². The maximum Gasteiger partial charge on any atom is 0.244 e. The number of aliphatic hydroxyl groups excluding tert-OH is 1. The smallest absolute Gasteiger partial charge is 0.244 e. The summed E-state index contributed by atoms with van der Waals surface area (Å²) in [7, 11) is 0. The van der Waals surface area contributed by atoms with E-state index in [-0.39, 0.29) is 24.6 Å². The van der Waals surface area contributed by atoms with E-state index < -0.39 is 0 Å². The van der Waals surface area contributed by atoms with Gasteiger partial charge in [0.2, 0.25) is 5.91 Å². The van der Waals surface area contributed by atoms with Gasteiger partial charge in [-0.15, -0.1) is 0 Å². The molecule has 0 aromatic heterocycles. The van der Waals surface area contributed by atoms with E-state index in [0.717, 1.165) is 37.9 Å². The summed E-state index contributed by atoms with van der Waals surface area (Å²) in [4.78, 5) is 14.5. The number of fused-ring (bicyclic) bond motifs is 1. The highest BCUT2D eigenvalue weighted by molar-refractivity contribution is 5.84. The first-order chi connectivity index (χ1) is 9.31. The van der Waals surface area contributed by atoms with Crippen molar-refractivity contribution in [3.8, 4) is 0 Å². The van der Waals surface area contributed by atoms with Crippen molar-refractivity contribution >= 4 is 5.91 Å². The van der Waals surface area contributed by atoms with Gasteiger partial charge < -0.3 is 15.3 Å². The van der Waals surface area contributed by atoms with Gasteiger partial charge in [-0.05, 0) is 30.4 Å². The Morgan fingerprint density at radius 3 is 3.11 bits per heavy atom. The van der Waals surface area contributed by atoms with Crippen molar-refractivity contribution in [1.29, 1.82) is 0 Å². The lowest BCUT2D eigenvalue weighted by Crippen LogP contribution is -2.46. The minimum absolute atomic E-state index is 0.00314. The second-order valence-electron chi connectivity index (χ2n) is 5.35. The molecule has 2 N–H and O–H groups in total. The quantitative estimate of drug-likeness (QED) is 0.829. The fourth-order valence-corrected chi connectivity index (χ4v) is 3.21. The zero-order valence-corrected chi connectivity index (χ0v) is 11.0.